The Morgan fingerprint density at radius 1 is 1.14 bits per heavy atom. The van der Waals surface area contributed by atoms with Crippen molar-refractivity contribution >= 4 is 29.3 Å². The summed E-state index contributed by atoms with van der Waals surface area (Å²) in [7, 11) is 0. The Balaban J connectivity index is 1.50. The van der Waals surface area contributed by atoms with E-state index in [9.17, 15) is 14.0 Å². The molecule has 0 unspecified atom stereocenters. The second-order valence-corrected chi connectivity index (χ2v) is 6.57. The molecule has 1 N–H and O–H groups in total. The maximum atomic E-state index is 13.5. The van der Waals surface area contributed by atoms with Crippen molar-refractivity contribution in [1.82, 2.24) is 0 Å². The van der Waals surface area contributed by atoms with Gasteiger partial charge in [0.25, 0.3) is 5.91 Å². The quantitative estimate of drug-likeness (QED) is 0.598. The largest absolute Gasteiger partial charge is 0.449 e. The van der Waals surface area contributed by atoms with Crippen LogP contribution in [0.2, 0.25) is 0 Å². The Morgan fingerprint density at radius 3 is 2.52 bits per heavy atom. The van der Waals surface area contributed by atoms with Gasteiger partial charge in [-0.05, 0) is 43.3 Å². The summed E-state index contributed by atoms with van der Waals surface area (Å²) in [4.78, 5) is 26.4. The molecular weight excluding hydrogens is 375 g/mol. The fourth-order valence-electron chi connectivity index (χ4n) is 2.86. The fourth-order valence-corrected chi connectivity index (χ4v) is 2.86. The first-order chi connectivity index (χ1) is 14.0. The Kier molecular flexibility index (Phi) is 6.97. The number of nitrogens with one attached hydrogen (secondary N) is 1. The third kappa shape index (κ3) is 5.89. The smallest absolute Gasteiger partial charge is 0.331 e. The van der Waals surface area contributed by atoms with E-state index in [1.807, 2.05) is 12.1 Å². The summed E-state index contributed by atoms with van der Waals surface area (Å²) in [6.45, 7) is 4.55. The van der Waals surface area contributed by atoms with E-state index in [-0.39, 0.29) is 5.56 Å². The molecule has 2 aromatic rings. The molecule has 3 rings (SSSR count). The molecule has 1 aliphatic rings. The summed E-state index contributed by atoms with van der Waals surface area (Å²) in [6, 6.07) is 13.5. The highest BCUT2D eigenvalue weighted by molar-refractivity contribution is 5.96. The van der Waals surface area contributed by atoms with Crippen LogP contribution in [0.4, 0.5) is 15.8 Å². The van der Waals surface area contributed by atoms with E-state index in [1.165, 1.54) is 25.1 Å². The van der Waals surface area contributed by atoms with E-state index < -0.39 is 23.8 Å². The van der Waals surface area contributed by atoms with Gasteiger partial charge in [-0.3, -0.25) is 4.79 Å². The summed E-state index contributed by atoms with van der Waals surface area (Å²) in [5.74, 6) is -1.61. The van der Waals surface area contributed by atoms with E-state index in [4.69, 9.17) is 9.47 Å². The molecule has 1 atom stereocenters. The van der Waals surface area contributed by atoms with Crippen LogP contribution in [-0.2, 0) is 19.1 Å². The zero-order valence-electron chi connectivity index (χ0n) is 16.1. The van der Waals surface area contributed by atoms with Crippen LogP contribution < -0.4 is 10.2 Å². The van der Waals surface area contributed by atoms with E-state index in [1.54, 1.807) is 24.3 Å². The maximum Gasteiger partial charge on any atom is 0.331 e. The van der Waals surface area contributed by atoms with Crippen molar-refractivity contribution in [3.8, 4) is 0 Å². The number of esters is 1. The molecule has 7 heteroatoms. The molecule has 2 aromatic carbocycles. The number of morpholine rings is 1. The van der Waals surface area contributed by atoms with Crippen molar-refractivity contribution in [3.05, 3.63) is 66.0 Å². The summed E-state index contributed by atoms with van der Waals surface area (Å²) in [6.07, 6.45) is 1.41. The average Bonchev–Trinajstić information content (AvgIpc) is 2.74. The van der Waals surface area contributed by atoms with Gasteiger partial charge in [-0.25, -0.2) is 9.18 Å². The van der Waals surface area contributed by atoms with Gasteiger partial charge in [0.2, 0.25) is 0 Å². The summed E-state index contributed by atoms with van der Waals surface area (Å²) in [5, 5.41) is 2.72. The van der Waals surface area contributed by atoms with Gasteiger partial charge < -0.3 is 19.7 Å². The zero-order valence-corrected chi connectivity index (χ0v) is 16.1. The van der Waals surface area contributed by atoms with Gasteiger partial charge in [0.05, 0.1) is 13.2 Å². The molecule has 0 spiro atoms. The SMILES string of the molecule is C[C@H](OC(=O)/C=C/c1ccccc1F)C(=O)Nc1ccc(N2CCOCC2)cc1. The van der Waals surface area contributed by atoms with E-state index >= 15 is 0 Å². The second kappa shape index (κ2) is 9.84. The van der Waals surface area contributed by atoms with Gasteiger partial charge in [0.15, 0.2) is 6.10 Å². The van der Waals surface area contributed by atoms with Crippen molar-refractivity contribution in [3.63, 3.8) is 0 Å². The van der Waals surface area contributed by atoms with Crippen LogP contribution in [0.25, 0.3) is 6.08 Å². The van der Waals surface area contributed by atoms with Crippen LogP contribution >= 0.6 is 0 Å². The molecule has 29 heavy (non-hydrogen) atoms. The van der Waals surface area contributed by atoms with Crippen molar-refractivity contribution in [2.45, 2.75) is 13.0 Å². The highest BCUT2D eigenvalue weighted by Crippen LogP contribution is 2.19. The van der Waals surface area contributed by atoms with Crippen LogP contribution in [0.5, 0.6) is 0 Å². The van der Waals surface area contributed by atoms with Gasteiger partial charge in [-0.2, -0.15) is 0 Å². The summed E-state index contributed by atoms with van der Waals surface area (Å²) in [5.41, 5.74) is 1.93. The van der Waals surface area contributed by atoms with Gasteiger partial charge in [-0.1, -0.05) is 18.2 Å². The Hall–Kier alpha value is -3.19. The standard InChI is InChI=1S/C22H23FN2O4/c1-16(29-21(26)11-6-17-4-2-3-5-20(17)23)22(27)24-18-7-9-19(10-8-18)25-12-14-28-15-13-25/h2-11,16H,12-15H2,1H3,(H,24,27)/b11-6+/t16-/m0/s1. The van der Waals surface area contributed by atoms with Crippen LogP contribution in [-0.4, -0.2) is 44.3 Å². The summed E-state index contributed by atoms with van der Waals surface area (Å²) >= 11 is 0. The highest BCUT2D eigenvalue weighted by Gasteiger charge is 2.17. The molecular formula is C22H23FN2O4. The van der Waals surface area contributed by atoms with Gasteiger partial charge in [0, 0.05) is 36.1 Å². The predicted octanol–water partition coefficient (Wildman–Crippen LogP) is 3.25. The van der Waals surface area contributed by atoms with E-state index in [2.05, 4.69) is 10.2 Å². The number of hydrogen-bond acceptors (Lipinski definition) is 5. The molecule has 0 bridgehead atoms. The van der Waals surface area contributed by atoms with E-state index in [0.29, 0.717) is 18.9 Å². The lowest BCUT2D eigenvalue weighted by Crippen LogP contribution is -2.36. The number of rotatable bonds is 6. The minimum absolute atomic E-state index is 0.266. The maximum absolute atomic E-state index is 13.5. The number of halogens is 1. The number of anilines is 2. The lowest BCUT2D eigenvalue weighted by atomic mass is 10.2. The molecule has 1 fully saturated rings. The molecule has 1 saturated heterocycles. The number of carbonyl (C=O) groups excluding carboxylic acids is 2. The topological polar surface area (TPSA) is 67.9 Å². The normalized spacial score (nSPS) is 15.2. The minimum atomic E-state index is -0.994. The Morgan fingerprint density at radius 2 is 1.83 bits per heavy atom. The molecule has 152 valence electrons. The number of ether oxygens (including phenoxy) is 2. The van der Waals surface area contributed by atoms with Gasteiger partial charge in [-0.15, -0.1) is 0 Å². The lowest BCUT2D eigenvalue weighted by Gasteiger charge is -2.28. The molecule has 1 amide bonds. The van der Waals surface area contributed by atoms with Crippen LogP contribution in [0.3, 0.4) is 0 Å². The predicted molar refractivity (Wildman–Crippen MR) is 109 cm³/mol. The molecule has 0 aromatic heterocycles. The third-order valence-corrected chi connectivity index (χ3v) is 4.48. The lowest BCUT2D eigenvalue weighted by molar-refractivity contribution is -0.148. The average molecular weight is 398 g/mol. The summed E-state index contributed by atoms with van der Waals surface area (Å²) < 4.78 is 24.0. The monoisotopic (exact) mass is 398 g/mol. The molecule has 6 nitrogen and oxygen atoms in total. The fraction of sp³-hybridized carbons (Fsp3) is 0.273. The first-order valence-corrected chi connectivity index (χ1v) is 9.40. The number of benzene rings is 2. The molecule has 1 aliphatic heterocycles. The second-order valence-electron chi connectivity index (χ2n) is 6.57. The van der Waals surface area contributed by atoms with Crippen molar-refractivity contribution in [2.24, 2.45) is 0 Å². The van der Waals surface area contributed by atoms with Crippen molar-refractivity contribution in [1.29, 1.82) is 0 Å². The van der Waals surface area contributed by atoms with Crippen molar-refractivity contribution < 1.29 is 23.5 Å². The van der Waals surface area contributed by atoms with Crippen LogP contribution in [0, 0.1) is 5.82 Å². The first kappa shape index (κ1) is 20.5. The minimum Gasteiger partial charge on any atom is -0.449 e. The number of carbonyl (C=O) groups is 2. The molecule has 0 radical (unpaired) electrons. The molecule has 1 heterocycles. The Bertz CT molecular complexity index is 877. The zero-order chi connectivity index (χ0) is 20.6. The number of hydrogen-bond donors (Lipinski definition) is 1. The first-order valence-electron chi connectivity index (χ1n) is 9.40. The Labute approximate surface area is 168 Å². The van der Waals surface area contributed by atoms with Crippen LogP contribution in [0.1, 0.15) is 12.5 Å². The third-order valence-electron chi connectivity index (χ3n) is 4.48. The number of nitrogens with zero attached hydrogens (tertiary/aromatic N) is 1. The van der Waals surface area contributed by atoms with Crippen molar-refractivity contribution in [2.75, 3.05) is 36.5 Å². The van der Waals surface area contributed by atoms with E-state index in [0.717, 1.165) is 24.9 Å². The molecule has 0 aliphatic carbocycles. The molecule has 0 saturated carbocycles. The van der Waals surface area contributed by atoms with Crippen LogP contribution in [0.15, 0.2) is 54.6 Å². The van der Waals surface area contributed by atoms with Gasteiger partial charge in [0.1, 0.15) is 5.82 Å². The highest BCUT2D eigenvalue weighted by atomic mass is 19.1. The number of amides is 1. The van der Waals surface area contributed by atoms with Gasteiger partial charge >= 0.3 is 5.97 Å².